The normalized spacial score (nSPS) is 17.3. The van der Waals surface area contributed by atoms with Gasteiger partial charge in [-0.3, -0.25) is 19.3 Å². The number of benzene rings is 2. The molecule has 70 heavy (non-hydrogen) atoms. The summed E-state index contributed by atoms with van der Waals surface area (Å²) in [4.78, 5) is 36.0. The maximum Gasteiger partial charge on any atom is 0.431 e. The first-order valence-electron chi connectivity index (χ1n) is 21.8. The van der Waals surface area contributed by atoms with Crippen LogP contribution in [0.2, 0.25) is 5.02 Å². The molecule has 3 N–H and O–H groups in total. The molecule has 2 heterocycles. The highest BCUT2D eigenvalue weighted by Gasteiger charge is 2.52. The third kappa shape index (κ3) is 13.8. The van der Waals surface area contributed by atoms with Crippen molar-refractivity contribution in [1.82, 2.24) is 20.1 Å². The number of carbonyl (C=O) groups is 2. The Morgan fingerprint density at radius 1 is 1.04 bits per heavy atom. The van der Waals surface area contributed by atoms with Crippen LogP contribution in [-0.4, -0.2) is 78.6 Å². The number of alkyl halides is 8. The number of carbonyl (C=O) groups excluding carboxylic acids is 2. The molecule has 1 fully saturated rings. The second-order valence-electron chi connectivity index (χ2n) is 17.2. The Morgan fingerprint density at radius 2 is 1.69 bits per heavy atom. The molecule has 0 bridgehead atoms. The standard InChI is InChI=1S/C47H50ClF10N7O3S2/c1-7-8-9-10-11-12-36(67)65(70(6)68)43-38-33(48)16-15-32(40(38)64(63-43)25-46(53,54)55)31-14-13-30(17-18-44(3,4)69-5)61-39(31)34(21-27-19-28(49)22-29(50)20-27)62-35(66)24-60-42-37(41(59)47(56,57)58)26(2)23-45(42,51)52/h13-16,19-20,22,26,34H,7-12,21,23-25,59H2,1-6H3,(H,62,66)/b41-37-,60-42?/t26-,34?,70?/m0/s1. The first-order chi connectivity index (χ1) is 32.6. The fourth-order valence-electron chi connectivity index (χ4n) is 7.91. The monoisotopic (exact) mass is 1050 g/mol. The van der Waals surface area contributed by atoms with Crippen molar-refractivity contribution in [2.24, 2.45) is 16.6 Å². The molecule has 380 valence electrons. The van der Waals surface area contributed by atoms with Crippen LogP contribution < -0.4 is 15.4 Å². The van der Waals surface area contributed by atoms with E-state index in [1.165, 1.54) is 36.0 Å². The number of aliphatic imine (C=N–C) groups is 1. The van der Waals surface area contributed by atoms with Gasteiger partial charge in [0.1, 0.15) is 52.8 Å². The van der Waals surface area contributed by atoms with E-state index in [2.05, 4.69) is 27.2 Å². The molecule has 2 unspecified atom stereocenters. The molecule has 0 radical (unpaired) electrons. The van der Waals surface area contributed by atoms with Crippen molar-refractivity contribution in [2.45, 2.75) is 115 Å². The zero-order chi connectivity index (χ0) is 52.1. The fourth-order valence-corrected chi connectivity index (χ4v) is 9.04. The van der Waals surface area contributed by atoms with Crippen LogP contribution in [0.15, 0.2) is 58.7 Å². The molecule has 0 aliphatic heterocycles. The molecule has 0 saturated heterocycles. The Hall–Kier alpha value is -5.14. The quantitative estimate of drug-likeness (QED) is 0.0611. The fraction of sp³-hybridized carbons (Fsp3) is 0.468. The number of unbranched alkanes of at least 4 members (excludes halogenated alkanes) is 4. The number of aromatic nitrogens is 3. The molecule has 2 aromatic heterocycles. The van der Waals surface area contributed by atoms with Crippen LogP contribution in [0.25, 0.3) is 22.0 Å². The van der Waals surface area contributed by atoms with Gasteiger partial charge in [0.2, 0.25) is 11.8 Å². The van der Waals surface area contributed by atoms with Gasteiger partial charge in [-0.1, -0.05) is 63.1 Å². The Balaban J connectivity index is 1.79. The Bertz CT molecular complexity index is 2740. The highest BCUT2D eigenvalue weighted by Crippen LogP contribution is 2.45. The van der Waals surface area contributed by atoms with Crippen molar-refractivity contribution >= 4 is 68.6 Å². The molecule has 4 aromatic rings. The molecule has 2 amide bonds. The van der Waals surface area contributed by atoms with Crippen LogP contribution in [0, 0.1) is 29.4 Å². The predicted molar refractivity (Wildman–Crippen MR) is 253 cm³/mol. The average molecular weight is 1050 g/mol. The molecule has 5 rings (SSSR count). The first-order valence-corrected chi connectivity index (χ1v) is 24.9. The summed E-state index contributed by atoms with van der Waals surface area (Å²) in [5.74, 6) is -3.88. The smallest absolute Gasteiger partial charge is 0.394 e. The lowest BCUT2D eigenvalue weighted by atomic mass is 9.93. The number of rotatable bonds is 17. The van der Waals surface area contributed by atoms with Crippen LogP contribution >= 0.6 is 23.4 Å². The van der Waals surface area contributed by atoms with Gasteiger partial charge in [-0.25, -0.2) is 22.3 Å². The summed E-state index contributed by atoms with van der Waals surface area (Å²) >= 11 is 8.13. The highest BCUT2D eigenvalue weighted by molar-refractivity contribution is 8.00. The summed E-state index contributed by atoms with van der Waals surface area (Å²) in [6, 6.07) is 6.17. The number of thioether (sulfide) groups is 1. The van der Waals surface area contributed by atoms with Gasteiger partial charge in [-0.2, -0.15) is 40.2 Å². The van der Waals surface area contributed by atoms with Crippen molar-refractivity contribution in [3.8, 4) is 23.0 Å². The van der Waals surface area contributed by atoms with Gasteiger partial charge in [0.25, 0.3) is 5.92 Å². The van der Waals surface area contributed by atoms with E-state index in [1.54, 1.807) is 20.1 Å². The van der Waals surface area contributed by atoms with Gasteiger partial charge in [0.05, 0.1) is 32.4 Å². The third-order valence-corrected chi connectivity index (χ3v) is 13.5. The molecular weight excluding hydrogens is 1000 g/mol. The molecule has 1 aliphatic carbocycles. The lowest BCUT2D eigenvalue weighted by Crippen LogP contribution is -2.34. The predicted octanol–water partition coefficient (Wildman–Crippen LogP) is 11.4. The summed E-state index contributed by atoms with van der Waals surface area (Å²) in [7, 11) is -2.19. The lowest BCUT2D eigenvalue weighted by molar-refractivity contribution is -0.141. The highest BCUT2D eigenvalue weighted by atomic mass is 35.5. The number of anilines is 1. The maximum atomic E-state index is 15.3. The Kier molecular flexibility index (Phi) is 17.9. The van der Waals surface area contributed by atoms with Crippen LogP contribution in [0.5, 0.6) is 0 Å². The van der Waals surface area contributed by atoms with Gasteiger partial charge in [0.15, 0.2) is 5.82 Å². The summed E-state index contributed by atoms with van der Waals surface area (Å²) in [5, 5.41) is 6.29. The van der Waals surface area contributed by atoms with E-state index in [0.717, 1.165) is 48.9 Å². The number of nitrogens with zero attached hydrogens (tertiary/aromatic N) is 5. The minimum Gasteiger partial charge on any atom is -0.394 e. The topological polar surface area (TPSA) is 136 Å². The van der Waals surface area contributed by atoms with Crippen LogP contribution in [-0.2, 0) is 33.5 Å². The van der Waals surface area contributed by atoms with E-state index in [1.807, 2.05) is 6.92 Å². The van der Waals surface area contributed by atoms with E-state index in [0.29, 0.717) is 23.6 Å². The molecule has 1 aliphatic rings. The maximum absolute atomic E-state index is 15.3. The van der Waals surface area contributed by atoms with Crippen LogP contribution in [0.1, 0.15) is 95.6 Å². The number of nitrogens with two attached hydrogens (primary N) is 1. The number of hydrogen-bond acceptors (Lipinski definition) is 8. The minimum atomic E-state index is -5.22. The molecule has 2 aromatic carbocycles. The molecule has 3 atom stereocenters. The van der Waals surface area contributed by atoms with Gasteiger partial charge in [-0.15, -0.1) is 11.8 Å². The van der Waals surface area contributed by atoms with Crippen molar-refractivity contribution < 1.29 is 57.7 Å². The van der Waals surface area contributed by atoms with Crippen molar-refractivity contribution in [1.29, 1.82) is 0 Å². The molecule has 0 spiro atoms. The van der Waals surface area contributed by atoms with E-state index in [9.17, 15) is 48.9 Å². The summed E-state index contributed by atoms with van der Waals surface area (Å²) in [5.41, 5.74) is 0.297. The number of nitrogens with one attached hydrogen (secondary N) is 1. The number of amides is 2. The second kappa shape index (κ2) is 22.5. The summed E-state index contributed by atoms with van der Waals surface area (Å²) in [6.07, 6.45) is -5.35. The zero-order valence-electron chi connectivity index (χ0n) is 38.8. The van der Waals surface area contributed by atoms with Gasteiger partial charge in [-0.05, 0) is 80.7 Å². The van der Waals surface area contributed by atoms with Crippen molar-refractivity contribution in [3.63, 3.8) is 0 Å². The van der Waals surface area contributed by atoms with Crippen molar-refractivity contribution in [2.75, 3.05) is 23.4 Å². The zero-order valence-corrected chi connectivity index (χ0v) is 41.2. The second-order valence-corrected chi connectivity index (χ2v) is 20.2. The molecule has 1 saturated carbocycles. The third-order valence-electron chi connectivity index (χ3n) is 11.2. The van der Waals surface area contributed by atoms with E-state index >= 15 is 8.78 Å². The van der Waals surface area contributed by atoms with Crippen molar-refractivity contribution in [3.05, 3.63) is 87.3 Å². The summed E-state index contributed by atoms with van der Waals surface area (Å²) < 4.78 is 159. The number of pyridine rings is 1. The SMILES string of the molecule is CCCCCCCC(=O)N(c1nn(CC(F)(F)F)c2c(-c3ccc(C#CC(C)(C)SC)nc3C(Cc3cc(F)cc(F)c3)NC(=O)CN=C3/C(=C(\N)C(F)(F)F)[C@@H](C)CC3(F)F)ccc(Cl)c12)S(C)=O. The lowest BCUT2D eigenvalue weighted by Gasteiger charge is -2.23. The number of allylic oxidation sites excluding steroid dienone is 2. The van der Waals surface area contributed by atoms with Crippen LogP contribution in [0.3, 0.4) is 0 Å². The van der Waals surface area contributed by atoms with Gasteiger partial charge < -0.3 is 11.1 Å². The van der Waals surface area contributed by atoms with Crippen LogP contribution in [0.4, 0.5) is 49.7 Å². The first kappa shape index (κ1) is 55.8. The number of fused-ring (bicyclic) bond motifs is 1. The van der Waals surface area contributed by atoms with Gasteiger partial charge in [0, 0.05) is 41.9 Å². The number of halogens is 11. The van der Waals surface area contributed by atoms with Gasteiger partial charge >= 0.3 is 12.4 Å². The summed E-state index contributed by atoms with van der Waals surface area (Å²) in [6.45, 7) is 3.71. The Morgan fingerprint density at radius 3 is 2.29 bits per heavy atom. The minimum absolute atomic E-state index is 0.0227. The molecule has 23 heteroatoms. The van der Waals surface area contributed by atoms with E-state index in [-0.39, 0.29) is 50.4 Å². The average Bonchev–Trinajstić information content (AvgIpc) is 3.71. The largest absolute Gasteiger partial charge is 0.431 e. The Labute approximate surface area is 409 Å². The van der Waals surface area contributed by atoms with E-state index in [4.69, 9.17) is 22.3 Å². The molecular formula is C47H50ClF10N7O3S2. The number of hydrogen-bond donors (Lipinski definition) is 2. The van der Waals surface area contributed by atoms with E-state index < -0.39 is 118 Å². The molecule has 10 nitrogen and oxygen atoms in total.